The van der Waals surface area contributed by atoms with Crippen LogP contribution in [0.15, 0.2) is 12.2 Å². The SMILES string of the molecule is C1=CC2CC1C2. The molecule has 0 nitrogen and oxygen atoms in total. The lowest BCUT2D eigenvalue weighted by Gasteiger charge is -2.21. The second-order valence-electron chi connectivity index (χ2n) is 2.38. The Labute approximate surface area is 37.9 Å². The number of allylic oxidation sites excluding steroid dienone is 2. The molecule has 0 heterocycles. The summed E-state index contributed by atoms with van der Waals surface area (Å²) in [5.74, 6) is 2.02. The van der Waals surface area contributed by atoms with Gasteiger partial charge < -0.3 is 0 Å². The predicted octanol–water partition coefficient (Wildman–Crippen LogP) is 1.58. The van der Waals surface area contributed by atoms with E-state index in [0.717, 1.165) is 11.8 Å². The van der Waals surface area contributed by atoms with Crippen molar-refractivity contribution in [1.29, 1.82) is 0 Å². The number of hydrogen-bond acceptors (Lipinski definition) is 0. The minimum absolute atomic E-state index is 1.01. The normalized spacial score (nSPS) is 49.3. The number of rotatable bonds is 0. The molecule has 0 heteroatoms. The van der Waals surface area contributed by atoms with Gasteiger partial charge in [0.25, 0.3) is 0 Å². The summed E-state index contributed by atoms with van der Waals surface area (Å²) < 4.78 is 0. The van der Waals surface area contributed by atoms with E-state index in [0.29, 0.717) is 0 Å². The maximum Gasteiger partial charge on any atom is -0.0222 e. The lowest BCUT2D eigenvalue weighted by atomic mass is 9.83. The van der Waals surface area contributed by atoms with Crippen LogP contribution in [0.2, 0.25) is 0 Å². The monoisotopic (exact) mass is 80.1 g/mol. The van der Waals surface area contributed by atoms with Gasteiger partial charge in [0.2, 0.25) is 0 Å². The van der Waals surface area contributed by atoms with Gasteiger partial charge in [-0.25, -0.2) is 0 Å². The molecule has 1 saturated carbocycles. The molecule has 3 rings (SSSR count). The molecule has 2 bridgehead atoms. The first-order chi connectivity index (χ1) is 2.95. The Morgan fingerprint density at radius 3 is 1.67 bits per heavy atom. The molecule has 3 aliphatic carbocycles. The van der Waals surface area contributed by atoms with Gasteiger partial charge in [-0.3, -0.25) is 0 Å². The molecule has 6 heavy (non-hydrogen) atoms. The van der Waals surface area contributed by atoms with Crippen molar-refractivity contribution >= 4 is 0 Å². The lowest BCUT2D eigenvalue weighted by molar-refractivity contribution is 0.334. The summed E-state index contributed by atoms with van der Waals surface area (Å²) in [5.41, 5.74) is 0. The van der Waals surface area contributed by atoms with Crippen molar-refractivity contribution in [3.8, 4) is 0 Å². The van der Waals surface area contributed by atoms with Gasteiger partial charge in [-0.15, -0.1) is 0 Å². The summed E-state index contributed by atoms with van der Waals surface area (Å²) in [6, 6.07) is 0. The van der Waals surface area contributed by atoms with Crippen molar-refractivity contribution in [1.82, 2.24) is 0 Å². The summed E-state index contributed by atoms with van der Waals surface area (Å²) in [6.45, 7) is 0. The second kappa shape index (κ2) is 0.699. The van der Waals surface area contributed by atoms with Crippen LogP contribution in [-0.2, 0) is 0 Å². The Kier molecular flexibility index (Phi) is 0.331. The molecule has 0 aromatic carbocycles. The van der Waals surface area contributed by atoms with Crippen molar-refractivity contribution < 1.29 is 0 Å². The van der Waals surface area contributed by atoms with E-state index in [2.05, 4.69) is 12.2 Å². The van der Waals surface area contributed by atoms with E-state index in [4.69, 9.17) is 0 Å². The third kappa shape index (κ3) is 0.173. The van der Waals surface area contributed by atoms with Gasteiger partial charge in [-0.1, -0.05) is 12.2 Å². The van der Waals surface area contributed by atoms with E-state index in [1.54, 1.807) is 0 Å². The summed E-state index contributed by atoms with van der Waals surface area (Å²) in [7, 11) is 0. The Hall–Kier alpha value is -0.260. The third-order valence-corrected chi connectivity index (χ3v) is 1.87. The first-order valence-corrected chi connectivity index (χ1v) is 2.63. The Morgan fingerprint density at radius 1 is 1.00 bits per heavy atom. The Morgan fingerprint density at radius 2 is 1.50 bits per heavy atom. The molecule has 0 saturated heterocycles. The second-order valence-corrected chi connectivity index (χ2v) is 2.38. The molecule has 0 spiro atoms. The molecule has 0 unspecified atom stereocenters. The zero-order chi connectivity index (χ0) is 3.98. The predicted molar refractivity (Wildman–Crippen MR) is 25.4 cm³/mol. The summed E-state index contributed by atoms with van der Waals surface area (Å²) >= 11 is 0. The smallest absolute Gasteiger partial charge is 0.0222 e. The highest BCUT2D eigenvalue weighted by Crippen LogP contribution is 2.41. The van der Waals surface area contributed by atoms with Crippen LogP contribution in [-0.4, -0.2) is 0 Å². The third-order valence-electron chi connectivity index (χ3n) is 1.87. The molecule has 0 N–H and O–H groups in total. The van der Waals surface area contributed by atoms with Crippen molar-refractivity contribution in [2.24, 2.45) is 11.8 Å². The van der Waals surface area contributed by atoms with E-state index in [1.165, 1.54) is 12.8 Å². The fourth-order valence-electron chi connectivity index (χ4n) is 1.34. The zero-order valence-electron chi connectivity index (χ0n) is 3.72. The van der Waals surface area contributed by atoms with E-state index < -0.39 is 0 Å². The molecule has 0 atom stereocenters. The molecule has 32 valence electrons. The fraction of sp³-hybridized carbons (Fsp3) is 0.667. The van der Waals surface area contributed by atoms with Crippen LogP contribution < -0.4 is 0 Å². The van der Waals surface area contributed by atoms with Gasteiger partial charge in [0.1, 0.15) is 0 Å². The number of hydrogen-bond donors (Lipinski definition) is 0. The lowest BCUT2D eigenvalue weighted by Crippen LogP contribution is -2.11. The van der Waals surface area contributed by atoms with Crippen LogP contribution in [0.4, 0.5) is 0 Å². The topological polar surface area (TPSA) is 0 Å². The molecule has 3 aliphatic rings. The minimum Gasteiger partial charge on any atom is -0.0851 e. The van der Waals surface area contributed by atoms with E-state index >= 15 is 0 Å². The molecular formula is C6H8. The van der Waals surface area contributed by atoms with Gasteiger partial charge in [0.05, 0.1) is 0 Å². The van der Waals surface area contributed by atoms with Gasteiger partial charge >= 0.3 is 0 Å². The summed E-state index contributed by atoms with van der Waals surface area (Å²) in [5, 5.41) is 0. The molecule has 0 aromatic heterocycles. The largest absolute Gasteiger partial charge is 0.0851 e. The molecule has 0 aromatic rings. The molecule has 0 amide bonds. The van der Waals surface area contributed by atoms with Crippen LogP contribution in [0.5, 0.6) is 0 Å². The van der Waals surface area contributed by atoms with Crippen molar-refractivity contribution in [2.75, 3.05) is 0 Å². The van der Waals surface area contributed by atoms with Gasteiger partial charge in [-0.05, 0) is 24.7 Å². The van der Waals surface area contributed by atoms with Crippen LogP contribution in [0.1, 0.15) is 12.8 Å². The Bertz CT molecular complexity index is 76.2. The average molecular weight is 80.1 g/mol. The highest BCUT2D eigenvalue weighted by Gasteiger charge is 2.29. The maximum absolute atomic E-state index is 2.35. The van der Waals surface area contributed by atoms with Gasteiger partial charge in [0, 0.05) is 0 Å². The summed E-state index contributed by atoms with van der Waals surface area (Å²) in [6.07, 6.45) is 7.65. The van der Waals surface area contributed by atoms with E-state index in [-0.39, 0.29) is 0 Å². The van der Waals surface area contributed by atoms with Gasteiger partial charge in [-0.2, -0.15) is 0 Å². The standard InChI is InChI=1S/C6H8/c1-2-6-3-5(1)4-6/h1-2,5-6H,3-4H2. The van der Waals surface area contributed by atoms with Gasteiger partial charge in [0.15, 0.2) is 0 Å². The van der Waals surface area contributed by atoms with E-state index in [9.17, 15) is 0 Å². The van der Waals surface area contributed by atoms with Crippen LogP contribution >= 0.6 is 0 Å². The average Bonchev–Trinajstić information content (AvgIpc) is 1.72. The zero-order valence-corrected chi connectivity index (χ0v) is 3.72. The summed E-state index contributed by atoms with van der Waals surface area (Å²) in [4.78, 5) is 0. The highest BCUT2D eigenvalue weighted by atomic mass is 14.3. The van der Waals surface area contributed by atoms with Crippen molar-refractivity contribution in [3.05, 3.63) is 12.2 Å². The first kappa shape index (κ1) is 2.84. The van der Waals surface area contributed by atoms with E-state index in [1.807, 2.05) is 0 Å². The highest BCUT2D eigenvalue weighted by molar-refractivity contribution is 5.11. The molecule has 1 fully saturated rings. The van der Waals surface area contributed by atoms with Crippen LogP contribution in [0.25, 0.3) is 0 Å². The first-order valence-electron chi connectivity index (χ1n) is 2.63. The maximum atomic E-state index is 2.35. The molecular weight excluding hydrogens is 72.1 g/mol. The van der Waals surface area contributed by atoms with Crippen molar-refractivity contribution in [3.63, 3.8) is 0 Å². The minimum atomic E-state index is 1.01. The van der Waals surface area contributed by atoms with Crippen LogP contribution in [0, 0.1) is 11.8 Å². The van der Waals surface area contributed by atoms with Crippen LogP contribution in [0.3, 0.4) is 0 Å². The molecule has 0 aliphatic heterocycles. The Balaban J connectivity index is 2.32. The quantitative estimate of drug-likeness (QED) is 0.387. The fourth-order valence-corrected chi connectivity index (χ4v) is 1.34. The molecule has 0 radical (unpaired) electrons. The van der Waals surface area contributed by atoms with Crippen molar-refractivity contribution in [2.45, 2.75) is 12.8 Å².